The van der Waals surface area contributed by atoms with Gasteiger partial charge in [-0.25, -0.2) is 4.98 Å². The average molecular weight is 272 g/mol. The molecular formula is C15H12ClN2O. The van der Waals surface area contributed by atoms with Gasteiger partial charge in [-0.2, -0.15) is 0 Å². The first kappa shape index (κ1) is 12.1. The molecular weight excluding hydrogens is 260 g/mol. The van der Waals surface area contributed by atoms with E-state index in [0.29, 0.717) is 5.02 Å². The van der Waals surface area contributed by atoms with Crippen LogP contribution >= 0.6 is 11.6 Å². The second-order valence-electron chi connectivity index (χ2n) is 4.28. The number of phenolic OH excluding ortho intramolecular Hbond substituents is 1. The molecule has 1 aromatic heterocycles. The number of aromatic hydroxyl groups is 1. The molecule has 0 saturated heterocycles. The highest BCUT2D eigenvalue weighted by Crippen LogP contribution is 2.28. The molecule has 0 bridgehead atoms. The number of aromatic nitrogens is 2. The lowest BCUT2D eigenvalue weighted by molar-refractivity contribution is 0.474. The highest BCUT2D eigenvalue weighted by molar-refractivity contribution is 6.31. The van der Waals surface area contributed by atoms with E-state index in [1.54, 1.807) is 12.1 Å². The lowest BCUT2D eigenvalue weighted by Crippen LogP contribution is -1.97. The summed E-state index contributed by atoms with van der Waals surface area (Å²) in [5.74, 6) is 0.939. The van der Waals surface area contributed by atoms with E-state index in [1.165, 1.54) is 0 Å². The minimum atomic E-state index is 0.116. The molecule has 0 atom stereocenters. The number of benzene rings is 2. The summed E-state index contributed by atoms with van der Waals surface area (Å²) in [5.41, 5.74) is 2.76. The molecule has 1 N–H and O–H groups in total. The number of rotatable bonds is 2. The first-order valence-electron chi connectivity index (χ1n) is 6.06. The van der Waals surface area contributed by atoms with Gasteiger partial charge in [0.15, 0.2) is 0 Å². The van der Waals surface area contributed by atoms with E-state index in [-0.39, 0.29) is 5.75 Å². The molecule has 0 spiro atoms. The van der Waals surface area contributed by atoms with Crippen molar-refractivity contribution in [2.24, 2.45) is 0 Å². The van der Waals surface area contributed by atoms with Crippen molar-refractivity contribution >= 4 is 22.6 Å². The van der Waals surface area contributed by atoms with Crippen molar-refractivity contribution in [3.63, 3.8) is 0 Å². The molecule has 95 valence electrons. The molecule has 0 saturated carbocycles. The van der Waals surface area contributed by atoms with Gasteiger partial charge in [0.2, 0.25) is 0 Å². The molecule has 3 nitrogen and oxygen atoms in total. The van der Waals surface area contributed by atoms with Crippen molar-refractivity contribution in [3.8, 4) is 17.1 Å². The smallest absolute Gasteiger partial charge is 0.141 e. The number of hydrogen-bond donors (Lipinski definition) is 1. The predicted octanol–water partition coefficient (Wildman–Crippen LogP) is 3.88. The second-order valence-corrected chi connectivity index (χ2v) is 4.71. The Bertz CT molecular complexity index is 749. The van der Waals surface area contributed by atoms with Gasteiger partial charge in [0, 0.05) is 23.2 Å². The molecule has 0 fully saturated rings. The van der Waals surface area contributed by atoms with E-state index in [2.05, 4.69) is 22.5 Å². The van der Waals surface area contributed by atoms with E-state index < -0.39 is 0 Å². The summed E-state index contributed by atoms with van der Waals surface area (Å²) in [6, 6.07) is 13.6. The summed E-state index contributed by atoms with van der Waals surface area (Å²) in [7, 11) is 0. The fourth-order valence-corrected chi connectivity index (χ4v) is 2.40. The third-order valence-corrected chi connectivity index (χ3v) is 3.31. The van der Waals surface area contributed by atoms with E-state index in [4.69, 9.17) is 11.6 Å². The van der Waals surface area contributed by atoms with Crippen molar-refractivity contribution in [3.05, 3.63) is 47.5 Å². The first-order chi connectivity index (χ1) is 9.19. The van der Waals surface area contributed by atoms with Crippen LogP contribution in [0.2, 0.25) is 5.02 Å². The van der Waals surface area contributed by atoms with E-state index >= 15 is 0 Å². The third-order valence-electron chi connectivity index (χ3n) is 3.07. The van der Waals surface area contributed by atoms with E-state index in [1.807, 2.05) is 24.3 Å². The molecule has 1 radical (unpaired) electrons. The zero-order valence-corrected chi connectivity index (χ0v) is 11.1. The molecule has 0 aliphatic heterocycles. The van der Waals surface area contributed by atoms with Gasteiger partial charge in [0.1, 0.15) is 11.6 Å². The van der Waals surface area contributed by atoms with Gasteiger partial charge in [0.25, 0.3) is 0 Å². The molecule has 0 unspecified atom stereocenters. The Hall–Kier alpha value is -2.00. The molecule has 3 aromatic rings. The molecule has 0 aliphatic carbocycles. The van der Waals surface area contributed by atoms with Crippen LogP contribution in [0.3, 0.4) is 0 Å². The van der Waals surface area contributed by atoms with Crippen LogP contribution in [0.5, 0.6) is 5.75 Å². The summed E-state index contributed by atoms with van der Waals surface area (Å²) in [6.45, 7) is 2.86. The van der Waals surface area contributed by atoms with Crippen molar-refractivity contribution in [2.75, 3.05) is 0 Å². The quantitative estimate of drug-likeness (QED) is 0.768. The normalized spacial score (nSPS) is 11.1. The number of aryl methyl sites for hydroxylation is 1. The fraction of sp³-hybridized carbons (Fsp3) is 0.133. The average Bonchev–Trinajstić information content (AvgIpc) is 2.76. The van der Waals surface area contributed by atoms with Gasteiger partial charge in [-0.1, -0.05) is 17.7 Å². The number of imidazole rings is 1. The molecule has 0 amide bonds. The van der Waals surface area contributed by atoms with Crippen LogP contribution in [0.1, 0.15) is 6.92 Å². The number of hydrogen-bond acceptors (Lipinski definition) is 2. The van der Waals surface area contributed by atoms with Gasteiger partial charge in [-0.15, -0.1) is 0 Å². The van der Waals surface area contributed by atoms with E-state index in [0.717, 1.165) is 29.0 Å². The topological polar surface area (TPSA) is 38.0 Å². The van der Waals surface area contributed by atoms with Gasteiger partial charge < -0.3 is 9.67 Å². The summed E-state index contributed by atoms with van der Waals surface area (Å²) in [5, 5.41) is 10.2. The molecule has 3 rings (SSSR count). The van der Waals surface area contributed by atoms with Crippen LogP contribution in [-0.2, 0) is 6.54 Å². The first-order valence-corrected chi connectivity index (χ1v) is 6.43. The van der Waals surface area contributed by atoms with Crippen LogP contribution < -0.4 is 0 Å². The van der Waals surface area contributed by atoms with Gasteiger partial charge in [0.05, 0.1) is 11.0 Å². The Kier molecular flexibility index (Phi) is 2.91. The number of phenols is 1. The zero-order valence-electron chi connectivity index (χ0n) is 10.4. The van der Waals surface area contributed by atoms with Gasteiger partial charge in [-0.05, 0) is 37.3 Å². The minimum absolute atomic E-state index is 0.116. The summed E-state index contributed by atoms with van der Waals surface area (Å²) in [4.78, 5) is 4.61. The molecule has 4 heteroatoms. The Morgan fingerprint density at radius 1 is 1.32 bits per heavy atom. The Balaban J connectivity index is 2.28. The summed E-state index contributed by atoms with van der Waals surface area (Å²) in [6.07, 6.45) is 0. The standard InChI is InChI=1S/C15H12ClN2O/c1-2-18-14-7-6-11(16)9-13(14)17-15(18)10-4-3-5-12(19)8-10/h3-4,6-9,19H,2H2,1H3. The Morgan fingerprint density at radius 3 is 2.89 bits per heavy atom. The van der Waals surface area contributed by atoms with Crippen molar-refractivity contribution < 1.29 is 5.11 Å². The third kappa shape index (κ3) is 2.06. The fourth-order valence-electron chi connectivity index (χ4n) is 2.24. The number of nitrogens with zero attached hydrogens (tertiary/aromatic N) is 2. The Labute approximate surface area is 116 Å². The van der Waals surface area contributed by atoms with Crippen molar-refractivity contribution in [1.29, 1.82) is 0 Å². The lowest BCUT2D eigenvalue weighted by atomic mass is 10.2. The minimum Gasteiger partial charge on any atom is -0.507 e. The number of fused-ring (bicyclic) bond motifs is 1. The number of halogens is 1. The maximum Gasteiger partial charge on any atom is 0.141 e. The van der Waals surface area contributed by atoms with Crippen molar-refractivity contribution in [2.45, 2.75) is 13.5 Å². The van der Waals surface area contributed by atoms with Crippen LogP contribution in [0.4, 0.5) is 0 Å². The van der Waals surface area contributed by atoms with Crippen LogP contribution in [0.25, 0.3) is 22.4 Å². The van der Waals surface area contributed by atoms with Crippen LogP contribution in [0, 0.1) is 6.07 Å². The highest BCUT2D eigenvalue weighted by atomic mass is 35.5. The highest BCUT2D eigenvalue weighted by Gasteiger charge is 2.12. The molecule has 2 aromatic carbocycles. The molecule has 0 aliphatic rings. The summed E-state index contributed by atoms with van der Waals surface area (Å²) >= 11 is 6.00. The van der Waals surface area contributed by atoms with Gasteiger partial charge in [-0.3, -0.25) is 0 Å². The van der Waals surface area contributed by atoms with Gasteiger partial charge >= 0.3 is 0 Å². The Morgan fingerprint density at radius 2 is 2.16 bits per heavy atom. The second kappa shape index (κ2) is 4.59. The monoisotopic (exact) mass is 271 g/mol. The predicted molar refractivity (Wildman–Crippen MR) is 76.4 cm³/mol. The van der Waals surface area contributed by atoms with Crippen LogP contribution in [0.15, 0.2) is 36.4 Å². The largest absolute Gasteiger partial charge is 0.507 e. The maximum absolute atomic E-state index is 9.54. The summed E-state index contributed by atoms with van der Waals surface area (Å²) < 4.78 is 2.10. The van der Waals surface area contributed by atoms with Crippen molar-refractivity contribution in [1.82, 2.24) is 9.55 Å². The molecule has 19 heavy (non-hydrogen) atoms. The zero-order chi connectivity index (χ0) is 13.4. The molecule has 1 heterocycles. The lowest BCUT2D eigenvalue weighted by Gasteiger charge is -2.06. The maximum atomic E-state index is 9.54. The van der Waals surface area contributed by atoms with Crippen LogP contribution in [-0.4, -0.2) is 14.7 Å². The van der Waals surface area contributed by atoms with E-state index in [9.17, 15) is 5.11 Å². The SMILES string of the molecule is CCn1c(-c2cc[c]c(O)c2)nc2cc(Cl)ccc21.